The lowest BCUT2D eigenvalue weighted by Gasteiger charge is -2.29. The molecule has 38 heavy (non-hydrogen) atoms. The Morgan fingerprint density at radius 1 is 1.21 bits per heavy atom. The Morgan fingerprint density at radius 2 is 1.97 bits per heavy atom. The van der Waals surface area contributed by atoms with E-state index in [0.717, 1.165) is 54.5 Å². The summed E-state index contributed by atoms with van der Waals surface area (Å²) < 4.78 is 0. The minimum atomic E-state index is -0.284. The topological polar surface area (TPSA) is 95.0 Å². The number of aliphatic imine (C=N–C) groups is 1. The molecule has 8 heteroatoms. The molecule has 3 heterocycles. The summed E-state index contributed by atoms with van der Waals surface area (Å²) in [6.45, 7) is 11.8. The van der Waals surface area contributed by atoms with Gasteiger partial charge in [0.25, 0.3) is 0 Å². The molecule has 1 unspecified atom stereocenters. The number of pyridine rings is 1. The highest BCUT2D eigenvalue weighted by atomic mass is 16.2. The van der Waals surface area contributed by atoms with Gasteiger partial charge in [0.15, 0.2) is 6.29 Å². The van der Waals surface area contributed by atoms with E-state index in [0.29, 0.717) is 49.8 Å². The summed E-state index contributed by atoms with van der Waals surface area (Å²) in [5.74, 6) is 1.00. The van der Waals surface area contributed by atoms with Crippen LogP contribution in [0.4, 0.5) is 10.6 Å². The van der Waals surface area contributed by atoms with E-state index in [9.17, 15) is 14.4 Å². The molecule has 8 nitrogen and oxygen atoms in total. The van der Waals surface area contributed by atoms with Crippen LogP contribution in [-0.4, -0.2) is 47.4 Å². The van der Waals surface area contributed by atoms with E-state index in [1.807, 2.05) is 38.3 Å². The second-order valence-electron chi connectivity index (χ2n) is 10.1. The van der Waals surface area contributed by atoms with Gasteiger partial charge in [0.1, 0.15) is 11.5 Å². The lowest BCUT2D eigenvalue weighted by molar-refractivity contribution is -0.128. The molecule has 0 spiro atoms. The number of aryl methyl sites for hydroxylation is 1. The van der Waals surface area contributed by atoms with Crippen molar-refractivity contribution in [1.29, 1.82) is 0 Å². The molecule has 0 bridgehead atoms. The normalized spacial score (nSPS) is 17.7. The van der Waals surface area contributed by atoms with Crippen LogP contribution < -0.4 is 10.2 Å². The highest BCUT2D eigenvalue weighted by molar-refractivity contribution is 5.94. The van der Waals surface area contributed by atoms with Crippen LogP contribution in [0.15, 0.2) is 46.3 Å². The summed E-state index contributed by atoms with van der Waals surface area (Å²) in [6.07, 6.45) is 13.6. The average Bonchev–Trinajstić information content (AvgIpc) is 3.31. The second kappa shape index (κ2) is 13.8. The zero-order valence-electron chi connectivity index (χ0n) is 23.4. The van der Waals surface area contributed by atoms with E-state index in [-0.39, 0.29) is 17.6 Å². The Hall–Kier alpha value is -3.55. The standard InChI is InChI=1S/C30H41N5O3/c1-6-8-12-26(31-18-21(3)7-2)22(4)16-23(5)32-30(38)35-15-9-11-24-17-25(27(20-36)33-29(24)35)19-34-14-10-13-28(34)37/h8,12,16-18,20-21H,6-7,9-11,13-15,19H2,1-5H3,(H,32,38)/b12-8+,23-16+,26-22+,31-18-. The molecule has 1 atom stereocenters. The van der Waals surface area contributed by atoms with Gasteiger partial charge in [0.2, 0.25) is 5.91 Å². The van der Waals surface area contributed by atoms with Crippen LogP contribution in [0.3, 0.4) is 0 Å². The summed E-state index contributed by atoms with van der Waals surface area (Å²) in [5.41, 5.74) is 4.45. The number of allylic oxidation sites excluding steroid dienone is 5. The van der Waals surface area contributed by atoms with Crippen molar-refractivity contribution < 1.29 is 14.4 Å². The predicted molar refractivity (Wildman–Crippen MR) is 152 cm³/mol. The molecule has 2 aliphatic heterocycles. The second-order valence-corrected chi connectivity index (χ2v) is 10.1. The molecule has 0 saturated carbocycles. The molecule has 1 aromatic heterocycles. The molecule has 2 aliphatic rings. The minimum Gasteiger partial charge on any atom is -0.338 e. The molecular weight excluding hydrogens is 478 g/mol. The number of carbonyl (C=O) groups is 3. The number of amides is 3. The van der Waals surface area contributed by atoms with Gasteiger partial charge in [-0.2, -0.15) is 0 Å². The molecule has 1 fully saturated rings. The number of rotatable bonds is 10. The molecule has 0 aliphatic carbocycles. The van der Waals surface area contributed by atoms with Gasteiger partial charge in [0.05, 0.1) is 5.70 Å². The number of anilines is 1. The zero-order valence-corrected chi connectivity index (χ0v) is 23.4. The maximum atomic E-state index is 13.3. The summed E-state index contributed by atoms with van der Waals surface area (Å²) >= 11 is 0. The van der Waals surface area contributed by atoms with Crippen LogP contribution in [0.25, 0.3) is 0 Å². The number of nitrogens with one attached hydrogen (secondary N) is 1. The lowest BCUT2D eigenvalue weighted by Crippen LogP contribution is -2.43. The minimum absolute atomic E-state index is 0.103. The van der Waals surface area contributed by atoms with E-state index in [4.69, 9.17) is 0 Å². The number of aromatic nitrogens is 1. The van der Waals surface area contributed by atoms with Gasteiger partial charge in [-0.1, -0.05) is 26.8 Å². The highest BCUT2D eigenvalue weighted by Crippen LogP contribution is 2.28. The van der Waals surface area contributed by atoms with Crippen LogP contribution >= 0.6 is 0 Å². The van der Waals surface area contributed by atoms with Crippen LogP contribution in [0.2, 0.25) is 0 Å². The van der Waals surface area contributed by atoms with E-state index in [2.05, 4.69) is 42.1 Å². The van der Waals surface area contributed by atoms with Gasteiger partial charge < -0.3 is 10.2 Å². The third-order valence-corrected chi connectivity index (χ3v) is 6.93. The van der Waals surface area contributed by atoms with Crippen molar-refractivity contribution >= 4 is 30.3 Å². The van der Waals surface area contributed by atoms with Gasteiger partial charge in [-0.05, 0) is 81.2 Å². The van der Waals surface area contributed by atoms with Gasteiger partial charge in [-0.25, -0.2) is 9.78 Å². The van der Waals surface area contributed by atoms with E-state index in [1.165, 1.54) is 0 Å². The molecule has 1 saturated heterocycles. The Labute approximate surface area is 226 Å². The Balaban J connectivity index is 1.81. The maximum Gasteiger partial charge on any atom is 0.327 e. The van der Waals surface area contributed by atoms with Crippen molar-refractivity contribution in [2.75, 3.05) is 18.0 Å². The van der Waals surface area contributed by atoms with Crippen LogP contribution in [0.5, 0.6) is 0 Å². The highest BCUT2D eigenvalue weighted by Gasteiger charge is 2.27. The molecule has 1 N–H and O–H groups in total. The SMILES string of the molecule is CC/C=C/C(/N=C\C(C)CC)=C(C)\C=C(/C)NC(=O)N1CCCc2cc(CN3CCCC3=O)c(C=O)nc21. The van der Waals surface area contributed by atoms with Gasteiger partial charge >= 0.3 is 6.03 Å². The first-order valence-electron chi connectivity index (χ1n) is 13.7. The zero-order chi connectivity index (χ0) is 27.7. The molecule has 3 rings (SSSR count). The van der Waals surface area contributed by atoms with Crippen molar-refractivity contribution in [2.24, 2.45) is 10.9 Å². The van der Waals surface area contributed by atoms with Gasteiger partial charge in [0, 0.05) is 43.5 Å². The number of carbonyl (C=O) groups excluding carboxylic acids is 3. The summed E-state index contributed by atoms with van der Waals surface area (Å²) in [6, 6.07) is 1.65. The first-order valence-corrected chi connectivity index (χ1v) is 13.7. The number of aldehydes is 1. The number of fused-ring (bicyclic) bond motifs is 1. The Morgan fingerprint density at radius 3 is 2.63 bits per heavy atom. The fourth-order valence-corrected chi connectivity index (χ4v) is 4.55. The average molecular weight is 520 g/mol. The monoisotopic (exact) mass is 519 g/mol. The third kappa shape index (κ3) is 7.49. The van der Waals surface area contributed by atoms with Gasteiger partial charge in [-0.3, -0.25) is 19.5 Å². The quantitative estimate of drug-likeness (QED) is 0.242. The van der Waals surface area contributed by atoms with Crippen LogP contribution in [0.1, 0.15) is 88.3 Å². The number of urea groups is 1. The third-order valence-electron chi connectivity index (χ3n) is 6.93. The van der Waals surface area contributed by atoms with Crippen LogP contribution in [-0.2, 0) is 17.8 Å². The Bertz CT molecular complexity index is 1160. The summed E-state index contributed by atoms with van der Waals surface area (Å²) in [7, 11) is 0. The first-order chi connectivity index (χ1) is 18.3. The van der Waals surface area contributed by atoms with E-state index < -0.39 is 0 Å². The Kier molecular flexibility index (Phi) is 10.6. The van der Waals surface area contributed by atoms with E-state index in [1.54, 1.807) is 9.80 Å². The lowest BCUT2D eigenvalue weighted by atomic mass is 10.0. The molecule has 3 amide bonds. The predicted octanol–water partition coefficient (Wildman–Crippen LogP) is 5.74. The van der Waals surface area contributed by atoms with E-state index >= 15 is 0 Å². The molecule has 1 aromatic rings. The maximum absolute atomic E-state index is 13.3. The summed E-state index contributed by atoms with van der Waals surface area (Å²) in [4.78, 5) is 49.9. The molecule has 0 aromatic carbocycles. The largest absolute Gasteiger partial charge is 0.338 e. The molecule has 204 valence electrons. The fraction of sp³-hybridized carbons (Fsp3) is 0.500. The number of hydrogen-bond acceptors (Lipinski definition) is 5. The van der Waals surface area contributed by atoms with Crippen molar-refractivity contribution in [3.05, 3.63) is 58.1 Å². The van der Waals surface area contributed by atoms with Gasteiger partial charge in [-0.15, -0.1) is 0 Å². The number of nitrogens with zero attached hydrogens (tertiary/aromatic N) is 4. The number of likely N-dealkylation sites (tertiary alicyclic amines) is 1. The smallest absolute Gasteiger partial charge is 0.327 e. The van der Waals surface area contributed by atoms with Crippen molar-refractivity contribution in [2.45, 2.75) is 79.7 Å². The molecular formula is C30H41N5O3. The molecule has 0 radical (unpaired) electrons. The number of hydrogen-bond donors (Lipinski definition) is 1. The van der Waals surface area contributed by atoms with Crippen molar-refractivity contribution in [3.8, 4) is 0 Å². The summed E-state index contributed by atoms with van der Waals surface area (Å²) in [5, 5.41) is 2.98. The van der Waals surface area contributed by atoms with Crippen molar-refractivity contribution in [3.63, 3.8) is 0 Å². The van der Waals surface area contributed by atoms with Crippen molar-refractivity contribution in [1.82, 2.24) is 15.2 Å². The first kappa shape index (κ1) is 29.0. The van der Waals surface area contributed by atoms with Crippen LogP contribution in [0, 0.1) is 5.92 Å². The fourth-order valence-electron chi connectivity index (χ4n) is 4.55.